The van der Waals surface area contributed by atoms with Gasteiger partial charge in [-0.25, -0.2) is 9.78 Å². The van der Waals surface area contributed by atoms with Crippen LogP contribution in [0.25, 0.3) is 11.2 Å². The number of aliphatic hydroxyl groups excluding tert-OH is 3. The second kappa shape index (κ2) is 11.6. The molecule has 0 aromatic carbocycles. The van der Waals surface area contributed by atoms with E-state index in [1.807, 2.05) is 0 Å². The standard InChI is InChI=1S/C18H23ClN6O5.C2HF3O2/c1-3-8(4-2)21-15-11-16(23-18(19)22-15)25(7-20-11)17-13(28)12(27)14(29-17)10-5-9(6-26)24-30-10;3-2(4,5)1(6)7/h5,7-8,12-14,17,26-28H,3-4,6H2,1-2H3,(H,21,22,23);(H,6,7)/t12-,13+,14+,17+;/m0./s1. The highest BCUT2D eigenvalue weighted by Crippen LogP contribution is 2.40. The van der Waals surface area contributed by atoms with Crippen molar-refractivity contribution in [3.63, 3.8) is 0 Å². The molecule has 1 aliphatic rings. The van der Waals surface area contributed by atoms with Crippen molar-refractivity contribution in [2.45, 2.75) is 70.1 Å². The molecular formula is C20H24ClF3N6O7. The number of anilines is 1. The summed E-state index contributed by atoms with van der Waals surface area (Å²) in [6, 6.07) is 1.65. The van der Waals surface area contributed by atoms with Crippen molar-refractivity contribution in [2.75, 3.05) is 5.32 Å². The average molecular weight is 553 g/mol. The first-order valence-electron chi connectivity index (χ1n) is 11.0. The third-order valence-corrected chi connectivity index (χ3v) is 5.66. The maximum Gasteiger partial charge on any atom is 0.490 e. The van der Waals surface area contributed by atoms with E-state index in [9.17, 15) is 23.4 Å². The van der Waals surface area contributed by atoms with E-state index >= 15 is 0 Å². The van der Waals surface area contributed by atoms with Crippen LogP contribution in [0.1, 0.15) is 50.5 Å². The number of alkyl halides is 3. The third-order valence-electron chi connectivity index (χ3n) is 5.50. The van der Waals surface area contributed by atoms with Gasteiger partial charge in [0.2, 0.25) is 5.28 Å². The number of aromatic nitrogens is 5. The van der Waals surface area contributed by atoms with E-state index in [0.29, 0.717) is 22.7 Å². The highest BCUT2D eigenvalue weighted by molar-refractivity contribution is 6.28. The highest BCUT2D eigenvalue weighted by atomic mass is 35.5. The van der Waals surface area contributed by atoms with Crippen molar-refractivity contribution in [1.29, 1.82) is 0 Å². The number of rotatable bonds is 7. The van der Waals surface area contributed by atoms with Gasteiger partial charge >= 0.3 is 12.1 Å². The number of hydrogen-bond donors (Lipinski definition) is 5. The molecule has 0 saturated carbocycles. The Morgan fingerprint density at radius 1 is 1.24 bits per heavy atom. The lowest BCUT2D eigenvalue weighted by molar-refractivity contribution is -0.192. The summed E-state index contributed by atoms with van der Waals surface area (Å²) in [5.74, 6) is -2.07. The van der Waals surface area contributed by atoms with Gasteiger partial charge in [0.1, 0.15) is 24.0 Å². The number of nitrogens with one attached hydrogen (secondary N) is 1. The molecule has 3 aromatic rings. The first-order chi connectivity index (χ1) is 17.4. The fourth-order valence-corrected chi connectivity index (χ4v) is 3.69. The first kappa shape index (κ1) is 28.5. The van der Waals surface area contributed by atoms with Crippen LogP contribution >= 0.6 is 11.6 Å². The second-order valence-corrected chi connectivity index (χ2v) is 8.27. The van der Waals surface area contributed by atoms with Crippen LogP contribution in [-0.4, -0.2) is 75.5 Å². The lowest BCUT2D eigenvalue weighted by Gasteiger charge is -2.18. The number of aliphatic carboxylic acids is 1. The van der Waals surface area contributed by atoms with Crippen LogP contribution in [0.2, 0.25) is 5.28 Å². The van der Waals surface area contributed by atoms with Gasteiger partial charge in [-0.1, -0.05) is 19.0 Å². The minimum absolute atomic E-state index is 0.0186. The molecule has 37 heavy (non-hydrogen) atoms. The molecule has 1 fully saturated rings. The quantitative estimate of drug-likeness (QED) is 0.269. The van der Waals surface area contributed by atoms with Gasteiger partial charge < -0.3 is 35.0 Å². The summed E-state index contributed by atoms with van der Waals surface area (Å²) in [6.07, 6.45) is -6.39. The molecular weight excluding hydrogens is 529 g/mol. The largest absolute Gasteiger partial charge is 0.490 e. The van der Waals surface area contributed by atoms with Gasteiger partial charge in [0.15, 0.2) is 29.0 Å². The molecule has 204 valence electrons. The van der Waals surface area contributed by atoms with Crippen molar-refractivity contribution in [3.8, 4) is 0 Å². The highest BCUT2D eigenvalue weighted by Gasteiger charge is 2.47. The molecule has 0 amide bonds. The van der Waals surface area contributed by atoms with Crippen LogP contribution in [0.4, 0.5) is 19.0 Å². The Labute approximate surface area is 211 Å². The number of carboxylic acid groups (broad SMARTS) is 1. The minimum atomic E-state index is -5.08. The predicted molar refractivity (Wildman–Crippen MR) is 119 cm³/mol. The molecule has 17 heteroatoms. The summed E-state index contributed by atoms with van der Waals surface area (Å²) >= 11 is 6.13. The predicted octanol–water partition coefficient (Wildman–Crippen LogP) is 2.19. The number of halogens is 4. The lowest BCUT2D eigenvalue weighted by Crippen LogP contribution is -2.29. The Hall–Kier alpha value is -3.05. The molecule has 0 spiro atoms. The molecule has 1 saturated heterocycles. The number of carbonyl (C=O) groups is 1. The smallest absolute Gasteiger partial charge is 0.475 e. The fourth-order valence-electron chi connectivity index (χ4n) is 3.52. The van der Waals surface area contributed by atoms with Gasteiger partial charge in [-0.05, 0) is 24.4 Å². The summed E-state index contributed by atoms with van der Waals surface area (Å²) in [4.78, 5) is 21.8. The molecule has 0 unspecified atom stereocenters. The molecule has 4 rings (SSSR count). The fraction of sp³-hybridized carbons (Fsp3) is 0.550. The van der Waals surface area contributed by atoms with Gasteiger partial charge in [0, 0.05) is 12.1 Å². The van der Waals surface area contributed by atoms with Gasteiger partial charge in [-0.3, -0.25) is 4.57 Å². The summed E-state index contributed by atoms with van der Waals surface area (Å²) in [7, 11) is 0. The number of nitrogens with zero attached hydrogens (tertiary/aromatic N) is 5. The minimum Gasteiger partial charge on any atom is -0.475 e. The van der Waals surface area contributed by atoms with Gasteiger partial charge in [-0.15, -0.1) is 0 Å². The average Bonchev–Trinajstić information content (AvgIpc) is 3.55. The Balaban J connectivity index is 0.000000479. The molecule has 13 nitrogen and oxygen atoms in total. The number of ether oxygens (including phenoxy) is 1. The SMILES string of the molecule is CCC(CC)Nc1nc(Cl)nc2c1ncn2[C@@H]1O[C@H](c2cc(CO)no2)[C@@H](O)[C@H]1O.O=C(O)C(F)(F)F. The molecule has 4 atom stereocenters. The van der Waals surface area contributed by atoms with Crippen molar-refractivity contribution in [2.24, 2.45) is 0 Å². The summed E-state index contributed by atoms with van der Waals surface area (Å²) in [6.45, 7) is 3.82. The zero-order valence-electron chi connectivity index (χ0n) is 19.4. The van der Waals surface area contributed by atoms with E-state index < -0.39 is 36.7 Å². The van der Waals surface area contributed by atoms with Crippen LogP contribution in [0, 0.1) is 0 Å². The van der Waals surface area contributed by atoms with Crippen LogP contribution in [0.3, 0.4) is 0 Å². The zero-order valence-corrected chi connectivity index (χ0v) is 20.2. The van der Waals surface area contributed by atoms with E-state index in [2.05, 4.69) is 39.3 Å². The van der Waals surface area contributed by atoms with Crippen LogP contribution in [0.15, 0.2) is 16.9 Å². The third kappa shape index (κ3) is 6.27. The number of aliphatic hydroxyl groups is 3. The molecule has 3 aromatic heterocycles. The Kier molecular flexibility index (Phi) is 8.91. The van der Waals surface area contributed by atoms with E-state index in [1.165, 1.54) is 17.0 Å². The maximum atomic E-state index is 10.6. The number of hydrogen-bond acceptors (Lipinski definition) is 11. The lowest BCUT2D eigenvalue weighted by atomic mass is 10.1. The van der Waals surface area contributed by atoms with Gasteiger partial charge in [0.25, 0.3) is 0 Å². The molecule has 0 radical (unpaired) electrons. The molecule has 5 N–H and O–H groups in total. The van der Waals surface area contributed by atoms with Crippen molar-refractivity contribution >= 4 is 34.6 Å². The zero-order chi connectivity index (χ0) is 27.5. The van der Waals surface area contributed by atoms with E-state index in [-0.39, 0.29) is 23.7 Å². The number of imidazole rings is 1. The van der Waals surface area contributed by atoms with E-state index in [4.69, 9.17) is 35.9 Å². The molecule has 0 aliphatic carbocycles. The van der Waals surface area contributed by atoms with E-state index in [0.717, 1.165) is 12.8 Å². The van der Waals surface area contributed by atoms with Gasteiger partial charge in [0.05, 0.1) is 12.9 Å². The Morgan fingerprint density at radius 2 is 1.89 bits per heavy atom. The summed E-state index contributed by atoms with van der Waals surface area (Å²) in [5, 5.41) is 44.4. The van der Waals surface area contributed by atoms with Crippen LogP contribution in [-0.2, 0) is 16.1 Å². The summed E-state index contributed by atoms with van der Waals surface area (Å²) in [5.41, 5.74) is 1.12. The van der Waals surface area contributed by atoms with Crippen molar-refractivity contribution < 1.29 is 47.7 Å². The van der Waals surface area contributed by atoms with Crippen molar-refractivity contribution in [1.82, 2.24) is 24.7 Å². The molecule has 1 aliphatic heterocycles. The molecule has 0 bridgehead atoms. The van der Waals surface area contributed by atoms with Gasteiger partial charge in [-0.2, -0.15) is 23.1 Å². The Morgan fingerprint density at radius 3 is 2.43 bits per heavy atom. The van der Waals surface area contributed by atoms with Crippen LogP contribution < -0.4 is 5.32 Å². The number of fused-ring (bicyclic) bond motifs is 1. The van der Waals surface area contributed by atoms with E-state index in [1.54, 1.807) is 0 Å². The number of carboxylic acids is 1. The monoisotopic (exact) mass is 552 g/mol. The normalized spacial score (nSPS) is 21.8. The topological polar surface area (TPSA) is 189 Å². The second-order valence-electron chi connectivity index (χ2n) is 7.93. The van der Waals surface area contributed by atoms with Crippen molar-refractivity contribution in [3.05, 3.63) is 29.1 Å². The van der Waals surface area contributed by atoms with Crippen LogP contribution in [0.5, 0.6) is 0 Å². The summed E-state index contributed by atoms with van der Waals surface area (Å²) < 4.78 is 44.2. The maximum absolute atomic E-state index is 10.6. The molecule has 4 heterocycles. The Bertz CT molecular complexity index is 1220. The first-order valence-corrected chi connectivity index (χ1v) is 11.3.